The maximum absolute atomic E-state index is 13.2. The van der Waals surface area contributed by atoms with Crippen molar-refractivity contribution in [3.05, 3.63) is 53.2 Å². The van der Waals surface area contributed by atoms with Crippen molar-refractivity contribution in [3.8, 4) is 11.3 Å². The highest BCUT2D eigenvalue weighted by molar-refractivity contribution is 5.99. The topological polar surface area (TPSA) is 93.9 Å². The lowest BCUT2D eigenvalue weighted by atomic mass is 9.77. The van der Waals surface area contributed by atoms with Crippen LogP contribution in [0.2, 0.25) is 0 Å². The molecule has 7 rings (SSSR count). The Bertz CT molecular complexity index is 1400. The molecule has 0 bridgehead atoms. The molecule has 8 heteroatoms. The van der Waals surface area contributed by atoms with E-state index in [2.05, 4.69) is 39.2 Å². The van der Waals surface area contributed by atoms with E-state index >= 15 is 0 Å². The molecule has 2 saturated heterocycles. The molecular weight excluding hydrogens is 490 g/mol. The number of nitrogens with zero attached hydrogens (tertiary/aromatic N) is 4. The first-order chi connectivity index (χ1) is 18.9. The fraction of sp³-hybridized carbons (Fsp3) is 0.548. The number of pyridine rings is 1. The van der Waals surface area contributed by atoms with Gasteiger partial charge in [0.05, 0.1) is 11.7 Å². The third kappa shape index (κ3) is 4.47. The summed E-state index contributed by atoms with van der Waals surface area (Å²) in [4.78, 5) is 22.6. The zero-order valence-electron chi connectivity index (χ0n) is 22.8. The number of carbonyl (C=O) groups excluding carboxylic acids is 1. The van der Waals surface area contributed by atoms with Crippen LogP contribution in [-0.2, 0) is 20.1 Å². The van der Waals surface area contributed by atoms with Gasteiger partial charge in [0, 0.05) is 42.8 Å². The van der Waals surface area contributed by atoms with E-state index in [1.807, 2.05) is 19.2 Å². The summed E-state index contributed by atoms with van der Waals surface area (Å²) in [5, 5.41) is 24.3. The molecule has 1 aromatic carbocycles. The van der Waals surface area contributed by atoms with Crippen LogP contribution in [0, 0.1) is 5.41 Å². The summed E-state index contributed by atoms with van der Waals surface area (Å²) >= 11 is 0. The molecule has 1 aliphatic carbocycles. The van der Waals surface area contributed by atoms with Crippen molar-refractivity contribution in [2.45, 2.75) is 83.0 Å². The molecule has 1 amide bonds. The Morgan fingerprint density at radius 1 is 1.05 bits per heavy atom. The highest BCUT2D eigenvalue weighted by atomic mass is 16.3. The van der Waals surface area contributed by atoms with Crippen LogP contribution in [-0.4, -0.2) is 67.1 Å². The Hall–Kier alpha value is -2.78. The van der Waals surface area contributed by atoms with Gasteiger partial charge >= 0.3 is 0 Å². The van der Waals surface area contributed by atoms with Crippen molar-refractivity contribution in [1.29, 1.82) is 0 Å². The van der Waals surface area contributed by atoms with Crippen LogP contribution in [0.5, 0.6) is 0 Å². The Morgan fingerprint density at radius 3 is 2.62 bits per heavy atom. The summed E-state index contributed by atoms with van der Waals surface area (Å²) < 4.78 is 2.09. The minimum atomic E-state index is -0.936. The van der Waals surface area contributed by atoms with Gasteiger partial charge in [-0.2, -0.15) is 0 Å². The number of benzene rings is 1. The maximum Gasteiger partial charge on any atom is 0.254 e. The Morgan fingerprint density at radius 2 is 1.85 bits per heavy atom. The fourth-order valence-corrected chi connectivity index (χ4v) is 7.61. The number of carbonyl (C=O) groups is 1. The number of aliphatic hydroxyl groups excluding tert-OH is 2. The number of likely N-dealkylation sites (tertiary alicyclic amines) is 1. The lowest BCUT2D eigenvalue weighted by molar-refractivity contribution is -0.0477. The Labute approximate surface area is 229 Å². The molecule has 3 aliphatic heterocycles. The molecule has 3 unspecified atom stereocenters. The predicted octanol–water partition coefficient (Wildman–Crippen LogP) is 3.74. The summed E-state index contributed by atoms with van der Waals surface area (Å²) in [6.07, 6.45) is 9.78. The van der Waals surface area contributed by atoms with Gasteiger partial charge in [-0.05, 0) is 92.4 Å². The van der Waals surface area contributed by atoms with Gasteiger partial charge in [-0.15, -0.1) is 0 Å². The van der Waals surface area contributed by atoms with E-state index < -0.39 is 12.5 Å². The van der Waals surface area contributed by atoms with Gasteiger partial charge in [0.1, 0.15) is 18.1 Å². The molecule has 4 aliphatic rings. The lowest BCUT2D eigenvalue weighted by Crippen LogP contribution is -2.56. The van der Waals surface area contributed by atoms with E-state index in [0.29, 0.717) is 30.4 Å². The number of rotatable bonds is 4. The van der Waals surface area contributed by atoms with E-state index in [9.17, 15) is 15.0 Å². The van der Waals surface area contributed by atoms with Gasteiger partial charge in [0.2, 0.25) is 0 Å². The molecule has 3 aromatic rings. The highest BCUT2D eigenvalue weighted by Gasteiger charge is 2.39. The second-order valence-corrected chi connectivity index (χ2v) is 12.4. The number of aryl methyl sites for hydroxylation is 1. The summed E-state index contributed by atoms with van der Waals surface area (Å²) in [7, 11) is 2.05. The molecule has 3 atom stereocenters. The number of piperidine rings is 2. The van der Waals surface area contributed by atoms with E-state index in [-0.39, 0.29) is 11.9 Å². The second-order valence-electron chi connectivity index (χ2n) is 12.4. The van der Waals surface area contributed by atoms with Crippen molar-refractivity contribution < 1.29 is 15.0 Å². The van der Waals surface area contributed by atoms with Gasteiger partial charge in [-0.1, -0.05) is 18.9 Å². The van der Waals surface area contributed by atoms with Gasteiger partial charge in [0.15, 0.2) is 0 Å². The van der Waals surface area contributed by atoms with E-state index in [1.165, 1.54) is 62.6 Å². The summed E-state index contributed by atoms with van der Waals surface area (Å²) in [5.74, 6) is -0.0598. The molecule has 2 aromatic heterocycles. The van der Waals surface area contributed by atoms with Crippen molar-refractivity contribution in [2.75, 3.05) is 13.1 Å². The number of aliphatic hydroxyl groups is 2. The van der Waals surface area contributed by atoms with Crippen LogP contribution in [0.25, 0.3) is 22.3 Å². The first-order valence-electron chi connectivity index (χ1n) is 14.6. The molecule has 5 heterocycles. The average molecular weight is 530 g/mol. The van der Waals surface area contributed by atoms with Crippen LogP contribution in [0.4, 0.5) is 0 Å². The van der Waals surface area contributed by atoms with E-state index in [0.717, 1.165) is 29.0 Å². The summed E-state index contributed by atoms with van der Waals surface area (Å²) in [5.41, 5.74) is 6.50. The second kappa shape index (κ2) is 9.70. The summed E-state index contributed by atoms with van der Waals surface area (Å²) in [6.45, 7) is 3.72. The maximum atomic E-state index is 13.2. The van der Waals surface area contributed by atoms with Gasteiger partial charge < -0.3 is 19.7 Å². The number of nitrogens with one attached hydrogen (secondary N) is 1. The SMILES string of the molecule is Cn1ccc2c(CN3CCC4(CCCC4)CC3)cc(-c3ccc4c(c3)CN(C3CCC(O)NC3O)C4=O)nc21. The predicted molar refractivity (Wildman–Crippen MR) is 150 cm³/mol. The van der Waals surface area contributed by atoms with Crippen LogP contribution in [0.3, 0.4) is 0 Å². The quantitative estimate of drug-likeness (QED) is 0.477. The van der Waals surface area contributed by atoms with Crippen LogP contribution in [0.15, 0.2) is 36.5 Å². The molecule has 3 N–H and O–H groups in total. The van der Waals surface area contributed by atoms with Crippen molar-refractivity contribution in [1.82, 2.24) is 24.7 Å². The third-order valence-corrected chi connectivity index (χ3v) is 9.99. The molecule has 39 heavy (non-hydrogen) atoms. The monoisotopic (exact) mass is 529 g/mol. The number of hydrogen-bond acceptors (Lipinski definition) is 6. The minimum absolute atomic E-state index is 0.0598. The molecule has 0 radical (unpaired) electrons. The van der Waals surface area contributed by atoms with Crippen molar-refractivity contribution in [2.24, 2.45) is 12.5 Å². The van der Waals surface area contributed by atoms with Crippen molar-refractivity contribution >= 4 is 16.9 Å². The smallest absolute Gasteiger partial charge is 0.254 e. The molecule has 1 spiro atoms. The number of fused-ring (bicyclic) bond motifs is 2. The molecule has 8 nitrogen and oxygen atoms in total. The number of aromatic nitrogens is 2. The highest BCUT2D eigenvalue weighted by Crippen LogP contribution is 2.46. The van der Waals surface area contributed by atoms with Crippen molar-refractivity contribution in [3.63, 3.8) is 0 Å². The fourth-order valence-electron chi connectivity index (χ4n) is 7.61. The van der Waals surface area contributed by atoms with Crippen LogP contribution >= 0.6 is 0 Å². The standard InChI is InChI=1S/C31H39N5O3/c1-34-13-8-23-22(18-35-14-11-31(12-15-35)9-2-3-10-31)17-25(32-28(23)34)20-4-5-24-21(16-20)19-36(30(24)39)26-6-7-27(37)33-29(26)38/h4-5,8,13,16-17,26-27,29,33,37-38H,2-3,6-7,9-12,14-15,18-19H2,1H3. The third-order valence-electron chi connectivity index (χ3n) is 9.99. The normalized spacial score (nSPS) is 27.1. The zero-order valence-corrected chi connectivity index (χ0v) is 22.8. The molecule has 3 fully saturated rings. The average Bonchev–Trinajstić information content (AvgIpc) is 3.63. The van der Waals surface area contributed by atoms with Gasteiger partial charge in [-0.3, -0.25) is 15.0 Å². The summed E-state index contributed by atoms with van der Waals surface area (Å²) in [6, 6.07) is 10.1. The minimum Gasteiger partial charge on any atom is -0.379 e. The molecule has 206 valence electrons. The molecule has 1 saturated carbocycles. The largest absolute Gasteiger partial charge is 0.379 e. The van der Waals surface area contributed by atoms with E-state index in [4.69, 9.17) is 4.98 Å². The van der Waals surface area contributed by atoms with Gasteiger partial charge in [-0.25, -0.2) is 4.98 Å². The Kier molecular flexibility index (Phi) is 6.27. The number of hydrogen-bond donors (Lipinski definition) is 3. The zero-order chi connectivity index (χ0) is 26.7. The lowest BCUT2D eigenvalue weighted by Gasteiger charge is -2.39. The molecular formula is C31H39N5O3. The first kappa shape index (κ1) is 25.2. The van der Waals surface area contributed by atoms with Crippen LogP contribution < -0.4 is 5.32 Å². The van der Waals surface area contributed by atoms with Gasteiger partial charge in [0.25, 0.3) is 5.91 Å². The van der Waals surface area contributed by atoms with E-state index in [1.54, 1.807) is 4.90 Å². The Balaban J connectivity index is 1.15. The van der Waals surface area contributed by atoms with Crippen LogP contribution in [0.1, 0.15) is 72.9 Å². The first-order valence-corrected chi connectivity index (χ1v) is 14.6. The number of amides is 1.